The van der Waals surface area contributed by atoms with E-state index in [1.807, 2.05) is 19.1 Å². The van der Waals surface area contributed by atoms with Crippen LogP contribution >= 0.6 is 0 Å². The first-order chi connectivity index (χ1) is 9.24. The number of anilines is 3. The molecule has 0 unspecified atom stereocenters. The second-order valence-corrected chi connectivity index (χ2v) is 4.30. The number of carbonyl (C=O) groups is 1. The maximum atomic E-state index is 12.1. The van der Waals surface area contributed by atoms with Gasteiger partial charge in [0.2, 0.25) is 0 Å². The zero-order chi connectivity index (χ0) is 13.2. The molecule has 1 amide bonds. The van der Waals surface area contributed by atoms with Crippen LogP contribution in [0.15, 0.2) is 30.6 Å². The number of carbonyl (C=O) groups excluding carboxylic acids is 1. The summed E-state index contributed by atoms with van der Waals surface area (Å²) in [5.74, 6) is 1.00. The normalized spacial score (nSPS) is 12.3. The number of aromatic nitrogens is 2. The fourth-order valence-electron chi connectivity index (χ4n) is 1.88. The lowest BCUT2D eigenvalue weighted by molar-refractivity contribution is 0.102. The molecule has 2 aromatic rings. The summed E-state index contributed by atoms with van der Waals surface area (Å²) >= 11 is 0. The van der Waals surface area contributed by atoms with E-state index in [4.69, 9.17) is 0 Å². The molecule has 0 saturated carbocycles. The summed E-state index contributed by atoms with van der Waals surface area (Å²) in [5.41, 5.74) is 2.44. The van der Waals surface area contributed by atoms with Gasteiger partial charge in [-0.25, -0.2) is 9.97 Å². The van der Waals surface area contributed by atoms with Gasteiger partial charge in [-0.2, -0.15) is 0 Å². The van der Waals surface area contributed by atoms with Gasteiger partial charge in [-0.3, -0.25) is 4.79 Å². The van der Waals surface area contributed by atoms with E-state index in [9.17, 15) is 4.79 Å². The minimum Gasteiger partial charge on any atom is -0.362 e. The first-order valence-electron chi connectivity index (χ1n) is 5.95. The number of nitrogens with one attached hydrogen (secondary N) is 3. The van der Waals surface area contributed by atoms with E-state index in [0.29, 0.717) is 23.9 Å². The topological polar surface area (TPSA) is 78.9 Å². The van der Waals surface area contributed by atoms with Gasteiger partial charge >= 0.3 is 0 Å². The number of rotatable bonds is 2. The van der Waals surface area contributed by atoms with Crippen molar-refractivity contribution in [1.82, 2.24) is 9.97 Å². The number of amides is 1. The Morgan fingerprint density at radius 3 is 2.79 bits per heavy atom. The van der Waals surface area contributed by atoms with Gasteiger partial charge in [0.1, 0.15) is 12.0 Å². The number of nitrogens with zero attached hydrogens (tertiary/aromatic N) is 2. The Kier molecular flexibility index (Phi) is 2.75. The molecule has 0 atom stereocenters. The van der Waals surface area contributed by atoms with Crippen LogP contribution in [0.4, 0.5) is 17.3 Å². The van der Waals surface area contributed by atoms with E-state index in [-0.39, 0.29) is 5.91 Å². The van der Waals surface area contributed by atoms with Crippen molar-refractivity contribution >= 4 is 23.2 Å². The number of hydrogen-bond acceptors (Lipinski definition) is 5. The molecule has 1 aromatic carbocycles. The van der Waals surface area contributed by atoms with E-state index in [1.165, 1.54) is 6.33 Å². The molecule has 1 aliphatic heterocycles. The SMILES string of the molecule is Cc1ccc(C(=O)Nc2ncnc3c2NCN3)cc1. The van der Waals surface area contributed by atoms with Gasteiger partial charge in [0.05, 0.1) is 6.67 Å². The zero-order valence-electron chi connectivity index (χ0n) is 10.4. The first-order valence-corrected chi connectivity index (χ1v) is 5.95. The summed E-state index contributed by atoms with van der Waals surface area (Å²) in [6, 6.07) is 7.38. The summed E-state index contributed by atoms with van der Waals surface area (Å²) in [4.78, 5) is 20.3. The predicted molar refractivity (Wildman–Crippen MR) is 73.3 cm³/mol. The molecule has 0 fully saturated rings. The number of hydrogen-bond donors (Lipinski definition) is 3. The number of aryl methyl sites for hydroxylation is 1. The summed E-state index contributed by atoms with van der Waals surface area (Å²) < 4.78 is 0. The Hall–Kier alpha value is -2.63. The van der Waals surface area contributed by atoms with Gasteiger partial charge in [0.25, 0.3) is 5.91 Å². The molecular weight excluding hydrogens is 242 g/mol. The van der Waals surface area contributed by atoms with Crippen LogP contribution in [0.2, 0.25) is 0 Å². The van der Waals surface area contributed by atoms with Gasteiger partial charge in [-0.05, 0) is 19.1 Å². The lowest BCUT2D eigenvalue weighted by Crippen LogP contribution is -2.14. The molecule has 3 rings (SSSR count). The summed E-state index contributed by atoms with van der Waals surface area (Å²) in [7, 11) is 0. The predicted octanol–water partition coefficient (Wildman–Crippen LogP) is 1.83. The highest BCUT2D eigenvalue weighted by molar-refractivity contribution is 6.06. The van der Waals surface area contributed by atoms with Crippen molar-refractivity contribution in [3.63, 3.8) is 0 Å². The molecule has 0 aliphatic carbocycles. The Bertz CT molecular complexity index is 623. The standard InChI is InChI=1S/C13H13N5O/c1-8-2-4-9(5-3-8)13(19)18-12-10-11(15-6-14-10)16-7-17-12/h2-5,7,14H,6H2,1H3,(H2,15,16,17,18,19). The molecule has 0 saturated heterocycles. The van der Waals surface area contributed by atoms with E-state index in [0.717, 1.165) is 11.3 Å². The Labute approximate surface area is 110 Å². The molecule has 0 radical (unpaired) electrons. The van der Waals surface area contributed by atoms with E-state index < -0.39 is 0 Å². The fourth-order valence-corrected chi connectivity index (χ4v) is 1.88. The van der Waals surface area contributed by atoms with Gasteiger partial charge in [0, 0.05) is 5.56 Å². The minimum absolute atomic E-state index is 0.186. The van der Waals surface area contributed by atoms with Crippen molar-refractivity contribution in [2.24, 2.45) is 0 Å². The molecule has 1 aliphatic rings. The van der Waals surface area contributed by atoms with Crippen LogP contribution in [0, 0.1) is 6.92 Å². The maximum absolute atomic E-state index is 12.1. The van der Waals surface area contributed by atoms with Crippen LogP contribution < -0.4 is 16.0 Å². The van der Waals surface area contributed by atoms with Gasteiger partial charge < -0.3 is 16.0 Å². The van der Waals surface area contributed by atoms with Crippen LogP contribution in [-0.4, -0.2) is 22.5 Å². The van der Waals surface area contributed by atoms with Crippen LogP contribution in [0.25, 0.3) is 0 Å². The van der Waals surface area contributed by atoms with Gasteiger partial charge in [-0.1, -0.05) is 17.7 Å². The highest BCUT2D eigenvalue weighted by atomic mass is 16.1. The Morgan fingerprint density at radius 1 is 1.21 bits per heavy atom. The smallest absolute Gasteiger partial charge is 0.256 e. The summed E-state index contributed by atoms with van der Waals surface area (Å²) in [6.45, 7) is 2.57. The third-order valence-corrected chi connectivity index (χ3v) is 2.91. The van der Waals surface area contributed by atoms with Gasteiger partial charge in [-0.15, -0.1) is 0 Å². The highest BCUT2D eigenvalue weighted by Crippen LogP contribution is 2.29. The average molecular weight is 255 g/mol. The van der Waals surface area contributed by atoms with E-state index in [2.05, 4.69) is 25.9 Å². The van der Waals surface area contributed by atoms with Gasteiger partial charge in [0.15, 0.2) is 11.6 Å². The molecule has 0 spiro atoms. The molecule has 6 heteroatoms. The highest BCUT2D eigenvalue weighted by Gasteiger charge is 2.17. The van der Waals surface area contributed by atoms with Crippen LogP contribution in [0.5, 0.6) is 0 Å². The van der Waals surface area contributed by atoms with E-state index in [1.54, 1.807) is 12.1 Å². The molecule has 6 nitrogen and oxygen atoms in total. The molecule has 3 N–H and O–H groups in total. The van der Waals surface area contributed by atoms with Crippen LogP contribution in [0.1, 0.15) is 15.9 Å². The number of benzene rings is 1. The summed E-state index contributed by atoms with van der Waals surface area (Å²) in [6.07, 6.45) is 1.42. The lowest BCUT2D eigenvalue weighted by Gasteiger charge is -2.08. The molecule has 0 bridgehead atoms. The van der Waals surface area contributed by atoms with Crippen molar-refractivity contribution in [2.45, 2.75) is 6.92 Å². The zero-order valence-corrected chi connectivity index (χ0v) is 10.4. The monoisotopic (exact) mass is 255 g/mol. The third kappa shape index (κ3) is 2.20. The quantitative estimate of drug-likeness (QED) is 0.763. The second-order valence-electron chi connectivity index (χ2n) is 4.30. The number of fused-ring (bicyclic) bond motifs is 1. The molecule has 19 heavy (non-hydrogen) atoms. The third-order valence-electron chi connectivity index (χ3n) is 2.91. The average Bonchev–Trinajstić information content (AvgIpc) is 2.89. The Balaban J connectivity index is 1.84. The largest absolute Gasteiger partial charge is 0.362 e. The lowest BCUT2D eigenvalue weighted by atomic mass is 10.1. The molecule has 1 aromatic heterocycles. The Morgan fingerprint density at radius 2 is 2.00 bits per heavy atom. The minimum atomic E-state index is -0.186. The van der Waals surface area contributed by atoms with Crippen molar-refractivity contribution in [1.29, 1.82) is 0 Å². The van der Waals surface area contributed by atoms with Crippen molar-refractivity contribution in [3.8, 4) is 0 Å². The first kappa shape index (κ1) is 11.5. The van der Waals surface area contributed by atoms with Crippen LogP contribution in [-0.2, 0) is 0 Å². The molecule has 2 heterocycles. The van der Waals surface area contributed by atoms with Crippen LogP contribution in [0.3, 0.4) is 0 Å². The molecular formula is C13H13N5O. The fraction of sp³-hybridized carbons (Fsp3) is 0.154. The second kappa shape index (κ2) is 4.56. The maximum Gasteiger partial charge on any atom is 0.256 e. The molecule has 96 valence electrons. The van der Waals surface area contributed by atoms with Crippen molar-refractivity contribution in [3.05, 3.63) is 41.7 Å². The summed E-state index contributed by atoms with van der Waals surface area (Å²) in [5, 5.41) is 8.92. The van der Waals surface area contributed by atoms with Crippen molar-refractivity contribution < 1.29 is 4.79 Å². The van der Waals surface area contributed by atoms with E-state index >= 15 is 0 Å². The van der Waals surface area contributed by atoms with Crippen molar-refractivity contribution in [2.75, 3.05) is 22.6 Å².